The van der Waals surface area contributed by atoms with Gasteiger partial charge in [0.05, 0.1) is 5.69 Å². The summed E-state index contributed by atoms with van der Waals surface area (Å²) < 4.78 is 0. The van der Waals surface area contributed by atoms with E-state index in [1.807, 2.05) is 13.8 Å². The Bertz CT molecular complexity index is 358. The van der Waals surface area contributed by atoms with Crippen LogP contribution >= 0.6 is 11.6 Å². The van der Waals surface area contributed by atoms with Gasteiger partial charge in [-0.25, -0.2) is 9.78 Å². The van der Waals surface area contributed by atoms with Crippen LogP contribution in [-0.2, 0) is 0 Å². The van der Waals surface area contributed by atoms with Gasteiger partial charge in [-0.3, -0.25) is 0 Å². The minimum absolute atomic E-state index is 0. The average Bonchev–Trinajstić information content (AvgIpc) is 2.01. The minimum atomic E-state index is -1.02. The standard InChI is InChI=1S/C9H11ClN2O2.Es/c1-5(2)12-7-3-8(10)11-4-6(7)9(13)14;/h3-5H,1-2H3,(H,11,12)(H,13,14);. The van der Waals surface area contributed by atoms with Crippen molar-refractivity contribution in [2.75, 3.05) is 5.32 Å². The minimum Gasteiger partial charge on any atom is -0.478 e. The number of halogens is 1. The van der Waals surface area contributed by atoms with Crippen LogP contribution in [0.4, 0.5) is 5.69 Å². The Hall–Kier alpha value is -2.29. The molecule has 1 heterocycles. The van der Waals surface area contributed by atoms with Gasteiger partial charge in [0.1, 0.15) is 10.7 Å². The summed E-state index contributed by atoms with van der Waals surface area (Å²) >= 11 is 5.66. The molecule has 1 rings (SSSR count). The van der Waals surface area contributed by atoms with Crippen molar-refractivity contribution in [1.29, 1.82) is 0 Å². The van der Waals surface area contributed by atoms with E-state index >= 15 is 0 Å². The van der Waals surface area contributed by atoms with Crippen molar-refractivity contribution >= 4 is 23.3 Å². The summed E-state index contributed by atoms with van der Waals surface area (Å²) in [5, 5.41) is 12.1. The monoisotopic (exact) mass is 466 g/mol. The molecular formula is C9H11ClEsN2O2. The van der Waals surface area contributed by atoms with Crippen LogP contribution in [0, 0.1) is 0 Å². The number of nitrogens with zero attached hydrogens (tertiary/aromatic N) is 1. The predicted molar refractivity (Wildman–Crippen MR) is 55.0 cm³/mol. The van der Waals surface area contributed by atoms with Crippen LogP contribution in [0.25, 0.3) is 0 Å². The third-order valence-electron chi connectivity index (χ3n) is 1.55. The SMILES string of the molecule is CC(C)Nc1cc(Cl)ncc1C(=O)O.[Es]. The first-order chi connectivity index (χ1) is 6.50. The summed E-state index contributed by atoms with van der Waals surface area (Å²) in [6.07, 6.45) is 1.25. The van der Waals surface area contributed by atoms with Crippen molar-refractivity contribution in [2.24, 2.45) is 0 Å². The van der Waals surface area contributed by atoms with Crippen LogP contribution in [-0.4, -0.2) is 22.1 Å². The second kappa shape index (κ2) is 4.81. The van der Waals surface area contributed by atoms with Gasteiger partial charge in [-0.05, 0) is 19.9 Å². The van der Waals surface area contributed by atoms with Gasteiger partial charge >= 0.3 is 5.97 Å². The largest absolute Gasteiger partial charge is 0.478 e. The quantitative estimate of drug-likeness (QED) is 0.671. The number of carboxylic acid groups (broad SMARTS) is 1. The summed E-state index contributed by atoms with van der Waals surface area (Å²) in [5.74, 6) is -1.02. The van der Waals surface area contributed by atoms with E-state index in [4.69, 9.17) is 16.7 Å². The fourth-order valence-corrected chi connectivity index (χ4v) is 1.19. The van der Waals surface area contributed by atoms with Gasteiger partial charge in [0, 0.05) is 12.2 Å². The molecule has 1 aromatic rings. The Morgan fingerprint density at radius 1 is 1.60 bits per heavy atom. The van der Waals surface area contributed by atoms with Gasteiger partial charge in [0.25, 0.3) is 0 Å². The molecule has 2 N–H and O–H groups in total. The number of rotatable bonds is 3. The Morgan fingerprint density at radius 3 is 2.67 bits per heavy atom. The zero-order chi connectivity index (χ0) is 10.7. The van der Waals surface area contributed by atoms with Crippen LogP contribution in [0.3, 0.4) is 0 Å². The summed E-state index contributed by atoms with van der Waals surface area (Å²) in [6, 6.07) is 1.65. The summed E-state index contributed by atoms with van der Waals surface area (Å²) in [4.78, 5) is 14.5. The average molecular weight is 467 g/mol. The van der Waals surface area contributed by atoms with E-state index in [1.54, 1.807) is 0 Å². The zero-order valence-electron chi connectivity index (χ0n) is 8.21. The first-order valence-corrected chi connectivity index (χ1v) is 4.54. The number of aromatic nitrogens is 1. The molecule has 0 saturated heterocycles. The molecule has 1 radical (unpaired) electrons. The molecular weight excluding hydrogens is 456 g/mol. The maximum atomic E-state index is 10.8. The number of hydrogen-bond donors (Lipinski definition) is 2. The smallest absolute Gasteiger partial charge is 0.339 e. The van der Waals surface area contributed by atoms with Crippen molar-refractivity contribution in [2.45, 2.75) is 19.9 Å². The number of nitrogens with one attached hydrogen (secondary N) is 1. The molecule has 0 fully saturated rings. The molecule has 0 aliphatic heterocycles. The van der Waals surface area contributed by atoms with Crippen molar-refractivity contribution < 1.29 is 9.90 Å². The summed E-state index contributed by atoms with van der Waals surface area (Å²) in [6.45, 7) is 3.83. The zero-order valence-corrected chi connectivity index (χ0v) is 11.5. The van der Waals surface area contributed by atoms with Crippen molar-refractivity contribution in [1.82, 2.24) is 4.98 Å². The van der Waals surface area contributed by atoms with Crippen molar-refractivity contribution in [3.63, 3.8) is 0 Å². The van der Waals surface area contributed by atoms with Crippen LogP contribution in [0.15, 0.2) is 12.3 Å². The molecule has 0 unspecified atom stereocenters. The Labute approximate surface area is 86.9 Å². The number of carbonyl (C=O) groups is 1. The van der Waals surface area contributed by atoms with Gasteiger partial charge in [-0.1, -0.05) is 11.6 Å². The Balaban J connectivity index is 0.00000196. The number of hydrogen-bond acceptors (Lipinski definition) is 3. The molecule has 15 heavy (non-hydrogen) atoms. The van der Waals surface area contributed by atoms with Gasteiger partial charge in [-0.15, -0.1) is 0 Å². The van der Waals surface area contributed by atoms with E-state index < -0.39 is 5.97 Å². The molecule has 4 nitrogen and oxygen atoms in total. The third-order valence-corrected chi connectivity index (χ3v) is 1.75. The molecule has 0 bridgehead atoms. The molecule has 0 atom stereocenters. The molecule has 0 aliphatic carbocycles. The van der Waals surface area contributed by atoms with Crippen LogP contribution in [0.1, 0.15) is 24.2 Å². The van der Waals surface area contributed by atoms with E-state index in [0.717, 1.165) is 0 Å². The number of carboxylic acids is 1. The molecule has 0 aliphatic rings. The summed E-state index contributed by atoms with van der Waals surface area (Å²) in [5.41, 5.74) is 0.621. The maximum Gasteiger partial charge on any atom is 0.339 e. The normalized spacial score (nSPS) is 9.60. The molecule has 0 amide bonds. The predicted octanol–water partition coefficient (Wildman–Crippen LogP) is 2.25. The van der Waals surface area contributed by atoms with Crippen molar-refractivity contribution in [3.05, 3.63) is 23.0 Å². The summed E-state index contributed by atoms with van der Waals surface area (Å²) in [7, 11) is 0. The number of anilines is 1. The molecule has 0 spiro atoms. The fraction of sp³-hybridized carbons (Fsp3) is 0.333. The van der Waals surface area contributed by atoms with E-state index in [9.17, 15) is 4.79 Å². The van der Waals surface area contributed by atoms with E-state index in [0.29, 0.717) is 5.69 Å². The Morgan fingerprint density at radius 2 is 2.20 bits per heavy atom. The second-order valence-corrected chi connectivity index (χ2v) is 3.54. The van der Waals surface area contributed by atoms with Crippen molar-refractivity contribution in [3.8, 4) is 0 Å². The fourth-order valence-electron chi connectivity index (χ4n) is 1.03. The van der Waals surface area contributed by atoms with Gasteiger partial charge in [-0.2, -0.15) is 0 Å². The van der Waals surface area contributed by atoms with E-state index in [1.165, 1.54) is 12.3 Å². The molecule has 0 saturated carbocycles. The molecule has 87 valence electrons. The van der Waals surface area contributed by atoms with Gasteiger partial charge in [0.15, 0.2) is 0 Å². The Kier molecular flexibility index (Phi) is 4.08. The van der Waals surface area contributed by atoms with E-state index in [-0.39, 0.29) is 16.8 Å². The topological polar surface area (TPSA) is 62.2 Å². The molecule has 0 aromatic carbocycles. The maximum absolute atomic E-state index is 10.8. The van der Waals surface area contributed by atoms with Crippen LogP contribution in [0.5, 0.6) is 0 Å². The first-order valence-electron chi connectivity index (χ1n) is 4.16. The van der Waals surface area contributed by atoms with E-state index in [2.05, 4.69) is 10.3 Å². The first kappa shape index (κ1) is 12.7. The second-order valence-electron chi connectivity index (χ2n) is 3.16. The van der Waals surface area contributed by atoms with Gasteiger partial charge in [0.2, 0.25) is 0 Å². The third kappa shape index (κ3) is 3.15. The molecule has 1 aromatic heterocycles. The number of pyridine rings is 1. The van der Waals surface area contributed by atoms with Crippen LogP contribution < -0.4 is 5.32 Å². The molecule has 6 heteroatoms. The van der Waals surface area contributed by atoms with Crippen LogP contribution in [0.2, 0.25) is 5.15 Å². The number of aromatic carboxylic acids is 1. The van der Waals surface area contributed by atoms with Gasteiger partial charge < -0.3 is 10.4 Å².